The Bertz CT molecular complexity index is 1510. The molecule has 0 saturated heterocycles. The standard InChI is InChI=1S/C62H111N2O7P/c1-7-10-13-16-19-22-25-27-28-29-30-31-32-33-34-35-36-37-40-43-46-49-52-55-62(66)71-60(53-50-47-44-41-39-26-23-20-17-14-11-8-2)59(58-70-72(67,68)69-57-56-64(4,5)6)63-61(65)54-51-48-45-42-38-24-21-18-15-12-9-3/h10,13,18-19,21-22,27-28,30-31,33-34,50,53,59-60H,7-9,11-12,14-17,20,23-26,29,32,35-49,51-52,54-58H2,1-6H3,(H-,63,65,67,68)/p+1/b13-10-,21-18-,22-19-,28-27-,31-30-,34-33-,53-50-. The van der Waals surface area contributed by atoms with Gasteiger partial charge in [0.2, 0.25) is 5.91 Å². The molecule has 9 nitrogen and oxygen atoms in total. The largest absolute Gasteiger partial charge is 0.472 e. The highest BCUT2D eigenvalue weighted by atomic mass is 31.2. The number of quaternary nitrogens is 1. The Hall–Kier alpha value is -2.81. The fraction of sp³-hybridized carbons (Fsp3) is 0.742. The Kier molecular flexibility index (Phi) is 49.6. The zero-order valence-corrected chi connectivity index (χ0v) is 48.3. The summed E-state index contributed by atoms with van der Waals surface area (Å²) in [6, 6.07) is -0.859. The topological polar surface area (TPSA) is 111 Å². The smallest absolute Gasteiger partial charge is 0.456 e. The van der Waals surface area contributed by atoms with Crippen molar-refractivity contribution in [1.82, 2.24) is 5.32 Å². The van der Waals surface area contributed by atoms with Crippen LogP contribution in [-0.4, -0.2) is 74.3 Å². The number of nitrogens with one attached hydrogen (secondary N) is 1. The van der Waals surface area contributed by atoms with E-state index >= 15 is 0 Å². The lowest BCUT2D eigenvalue weighted by Crippen LogP contribution is -2.47. The van der Waals surface area contributed by atoms with Crippen molar-refractivity contribution >= 4 is 19.7 Å². The van der Waals surface area contributed by atoms with Crippen molar-refractivity contribution in [2.75, 3.05) is 40.9 Å². The number of rotatable bonds is 52. The Morgan fingerprint density at radius 1 is 0.500 bits per heavy atom. The maximum absolute atomic E-state index is 13.5. The third kappa shape index (κ3) is 52.1. The summed E-state index contributed by atoms with van der Waals surface area (Å²) < 4.78 is 30.6. The molecule has 416 valence electrons. The van der Waals surface area contributed by atoms with Crippen LogP contribution in [0.3, 0.4) is 0 Å². The molecule has 3 atom stereocenters. The molecular formula is C62H112N2O7P+. The van der Waals surface area contributed by atoms with Crippen LogP contribution in [0.1, 0.15) is 245 Å². The van der Waals surface area contributed by atoms with E-state index in [9.17, 15) is 19.0 Å². The quantitative estimate of drug-likeness (QED) is 0.0205. The molecule has 10 heteroatoms. The number of allylic oxidation sites excluding steroid dienone is 13. The van der Waals surface area contributed by atoms with Crippen LogP contribution in [0.25, 0.3) is 0 Å². The summed E-state index contributed by atoms with van der Waals surface area (Å²) in [5, 5.41) is 3.03. The molecule has 0 heterocycles. The number of nitrogens with zero attached hydrogens (tertiary/aromatic N) is 1. The molecule has 0 aromatic carbocycles. The number of carbonyl (C=O) groups excluding carboxylic acids is 2. The fourth-order valence-electron chi connectivity index (χ4n) is 8.01. The molecule has 72 heavy (non-hydrogen) atoms. The Balaban J connectivity index is 5.23. The van der Waals surface area contributed by atoms with Crippen molar-refractivity contribution in [1.29, 1.82) is 0 Å². The highest BCUT2D eigenvalue weighted by Crippen LogP contribution is 2.43. The number of carbonyl (C=O) groups is 2. The molecule has 0 bridgehead atoms. The summed E-state index contributed by atoms with van der Waals surface area (Å²) in [5.41, 5.74) is 0. The van der Waals surface area contributed by atoms with E-state index in [0.717, 1.165) is 128 Å². The average molecular weight is 1030 g/mol. The van der Waals surface area contributed by atoms with Crippen LogP contribution >= 0.6 is 7.82 Å². The summed E-state index contributed by atoms with van der Waals surface area (Å²) in [5.74, 6) is -0.533. The number of unbranched alkanes of at least 4 members (excludes halogenated alkanes) is 24. The molecule has 2 N–H and O–H groups in total. The molecule has 0 fully saturated rings. The lowest BCUT2D eigenvalue weighted by molar-refractivity contribution is -0.870. The molecule has 1 amide bonds. The maximum atomic E-state index is 13.5. The van der Waals surface area contributed by atoms with Gasteiger partial charge in [0.15, 0.2) is 0 Å². The second-order valence-corrected chi connectivity index (χ2v) is 22.2. The fourth-order valence-corrected chi connectivity index (χ4v) is 8.74. The van der Waals surface area contributed by atoms with E-state index in [4.69, 9.17) is 13.8 Å². The molecule has 0 aliphatic heterocycles. The van der Waals surface area contributed by atoms with Gasteiger partial charge in [-0.2, -0.15) is 0 Å². The second kappa shape index (κ2) is 51.7. The number of amides is 1. The van der Waals surface area contributed by atoms with E-state index in [1.54, 1.807) is 0 Å². The monoisotopic (exact) mass is 1030 g/mol. The van der Waals surface area contributed by atoms with Crippen LogP contribution < -0.4 is 5.32 Å². The van der Waals surface area contributed by atoms with Gasteiger partial charge in [0, 0.05) is 12.8 Å². The van der Waals surface area contributed by atoms with E-state index in [1.807, 2.05) is 33.3 Å². The van der Waals surface area contributed by atoms with Gasteiger partial charge in [0.05, 0.1) is 33.8 Å². The van der Waals surface area contributed by atoms with Crippen molar-refractivity contribution < 1.29 is 37.3 Å². The van der Waals surface area contributed by atoms with Crippen LogP contribution in [-0.2, 0) is 27.9 Å². The molecule has 0 spiro atoms. The summed E-state index contributed by atoms with van der Waals surface area (Å²) in [6.07, 6.45) is 67.2. The first kappa shape index (κ1) is 69.2. The van der Waals surface area contributed by atoms with Gasteiger partial charge in [-0.25, -0.2) is 4.57 Å². The van der Waals surface area contributed by atoms with E-state index in [-0.39, 0.29) is 31.5 Å². The van der Waals surface area contributed by atoms with E-state index in [0.29, 0.717) is 17.4 Å². The first-order valence-corrected chi connectivity index (χ1v) is 30.9. The van der Waals surface area contributed by atoms with Crippen LogP contribution in [0.4, 0.5) is 0 Å². The highest BCUT2D eigenvalue weighted by Gasteiger charge is 2.30. The lowest BCUT2D eigenvalue weighted by atomic mass is 10.0. The average Bonchev–Trinajstić information content (AvgIpc) is 3.34. The minimum absolute atomic E-state index is 0.0335. The zero-order chi connectivity index (χ0) is 52.9. The molecule has 0 aliphatic carbocycles. The molecule has 0 saturated carbocycles. The van der Waals surface area contributed by atoms with Gasteiger partial charge in [0.25, 0.3) is 0 Å². The highest BCUT2D eigenvalue weighted by molar-refractivity contribution is 7.47. The van der Waals surface area contributed by atoms with Crippen molar-refractivity contribution in [3.63, 3.8) is 0 Å². The van der Waals surface area contributed by atoms with Crippen molar-refractivity contribution in [3.8, 4) is 0 Å². The van der Waals surface area contributed by atoms with Gasteiger partial charge in [-0.15, -0.1) is 0 Å². The van der Waals surface area contributed by atoms with E-state index < -0.39 is 20.0 Å². The molecular weight excluding hydrogens is 916 g/mol. The SMILES string of the molecule is CC/C=C\C/C=C\C/C=C\C/C=C\C/C=C\CCCCCCCCCC(=O)OC(/C=C\CCCCCCCCCCCC)C(COP(=O)(O)OCC[N+](C)(C)C)NC(=O)CCCCCCC/C=C\CCCC. The van der Waals surface area contributed by atoms with Gasteiger partial charge < -0.3 is 19.4 Å². The summed E-state index contributed by atoms with van der Waals surface area (Å²) in [6.45, 7) is 6.83. The molecule has 0 aromatic rings. The van der Waals surface area contributed by atoms with Crippen LogP contribution in [0, 0.1) is 0 Å². The molecule has 0 aromatic heterocycles. The molecule has 0 radical (unpaired) electrons. The minimum Gasteiger partial charge on any atom is -0.456 e. The van der Waals surface area contributed by atoms with Crippen molar-refractivity contribution in [3.05, 3.63) is 85.1 Å². The van der Waals surface area contributed by atoms with E-state index in [1.165, 1.54) is 83.5 Å². The van der Waals surface area contributed by atoms with Crippen molar-refractivity contribution in [2.45, 2.75) is 258 Å². The number of hydrogen-bond donors (Lipinski definition) is 2. The predicted molar refractivity (Wildman–Crippen MR) is 309 cm³/mol. The Morgan fingerprint density at radius 2 is 0.903 bits per heavy atom. The number of ether oxygens (including phenoxy) is 1. The lowest BCUT2D eigenvalue weighted by Gasteiger charge is -2.27. The maximum Gasteiger partial charge on any atom is 0.472 e. The minimum atomic E-state index is -4.45. The summed E-state index contributed by atoms with van der Waals surface area (Å²) >= 11 is 0. The molecule has 0 rings (SSSR count). The number of phosphoric ester groups is 1. The number of esters is 1. The number of phosphoric acid groups is 1. The second-order valence-electron chi connectivity index (χ2n) is 20.8. The third-order valence-corrected chi connectivity index (χ3v) is 13.6. The zero-order valence-electron chi connectivity index (χ0n) is 47.4. The van der Waals surface area contributed by atoms with Crippen LogP contribution in [0.5, 0.6) is 0 Å². The van der Waals surface area contributed by atoms with Gasteiger partial charge in [0.1, 0.15) is 19.3 Å². The van der Waals surface area contributed by atoms with Gasteiger partial charge in [-0.1, -0.05) is 222 Å². The van der Waals surface area contributed by atoms with Crippen LogP contribution in [0.15, 0.2) is 85.1 Å². The number of likely N-dealkylation sites (N-methyl/N-ethyl adjacent to an activating group) is 1. The molecule has 3 unspecified atom stereocenters. The van der Waals surface area contributed by atoms with Gasteiger partial charge >= 0.3 is 13.8 Å². The number of hydrogen-bond acceptors (Lipinski definition) is 6. The van der Waals surface area contributed by atoms with Crippen molar-refractivity contribution in [2.24, 2.45) is 0 Å². The Labute approximate surface area is 444 Å². The van der Waals surface area contributed by atoms with Gasteiger partial charge in [-0.05, 0) is 96.0 Å². The van der Waals surface area contributed by atoms with Crippen LogP contribution in [0.2, 0.25) is 0 Å². The first-order chi connectivity index (χ1) is 34.9. The first-order valence-electron chi connectivity index (χ1n) is 29.4. The summed E-state index contributed by atoms with van der Waals surface area (Å²) in [4.78, 5) is 37.6. The van der Waals surface area contributed by atoms with E-state index in [2.05, 4.69) is 99.0 Å². The summed E-state index contributed by atoms with van der Waals surface area (Å²) in [7, 11) is 1.47. The Morgan fingerprint density at radius 3 is 1.39 bits per heavy atom. The third-order valence-electron chi connectivity index (χ3n) is 12.6. The molecule has 0 aliphatic rings. The normalized spacial score (nSPS) is 14.4. The predicted octanol–water partition coefficient (Wildman–Crippen LogP) is 17.8. The van der Waals surface area contributed by atoms with Gasteiger partial charge in [-0.3, -0.25) is 18.6 Å².